The van der Waals surface area contributed by atoms with Crippen molar-refractivity contribution in [1.82, 2.24) is 10.2 Å². The van der Waals surface area contributed by atoms with Gasteiger partial charge < -0.3 is 19.7 Å². The van der Waals surface area contributed by atoms with E-state index in [0.717, 1.165) is 48.1 Å². The Bertz CT molecular complexity index is 933. The third-order valence-electron chi connectivity index (χ3n) is 6.13. The monoisotopic (exact) mass is 452 g/mol. The number of nitrogens with zero attached hydrogens (tertiary/aromatic N) is 1. The molecule has 0 aromatic heterocycles. The zero-order valence-corrected chi connectivity index (χ0v) is 20.2. The van der Waals surface area contributed by atoms with Crippen molar-refractivity contribution in [3.05, 3.63) is 59.2 Å². The molecule has 33 heavy (non-hydrogen) atoms. The number of carbonyl (C=O) groups is 2. The molecular weight excluding hydrogens is 416 g/mol. The first-order chi connectivity index (χ1) is 15.9. The highest BCUT2D eigenvalue weighted by Crippen LogP contribution is 2.21. The van der Waals surface area contributed by atoms with E-state index in [4.69, 9.17) is 9.47 Å². The van der Waals surface area contributed by atoms with E-state index in [1.54, 1.807) is 12.0 Å². The third kappa shape index (κ3) is 6.98. The van der Waals surface area contributed by atoms with Gasteiger partial charge in [0.2, 0.25) is 5.91 Å². The Hall–Kier alpha value is -3.02. The Labute approximate surface area is 197 Å². The number of carbonyl (C=O) groups excluding carboxylic acids is 2. The number of benzene rings is 2. The normalized spacial score (nSPS) is 14.5. The number of hydrogen-bond donors (Lipinski definition) is 1. The van der Waals surface area contributed by atoms with Crippen molar-refractivity contribution in [2.75, 3.05) is 13.7 Å². The van der Waals surface area contributed by atoms with E-state index >= 15 is 0 Å². The largest absolute Gasteiger partial charge is 0.497 e. The number of nitrogens with one attached hydrogen (secondary N) is 1. The minimum absolute atomic E-state index is 0.0907. The van der Waals surface area contributed by atoms with Crippen LogP contribution in [0.2, 0.25) is 0 Å². The Kier molecular flexibility index (Phi) is 8.75. The van der Waals surface area contributed by atoms with Crippen LogP contribution in [0.3, 0.4) is 0 Å². The molecule has 178 valence electrons. The summed E-state index contributed by atoms with van der Waals surface area (Å²) in [5, 5.41) is 3.16. The number of aryl methyl sites for hydroxylation is 2. The molecule has 2 aromatic rings. The molecule has 0 spiro atoms. The summed E-state index contributed by atoms with van der Waals surface area (Å²) in [6.07, 6.45) is 4.80. The molecule has 0 unspecified atom stereocenters. The van der Waals surface area contributed by atoms with Crippen molar-refractivity contribution in [2.45, 2.75) is 71.5 Å². The van der Waals surface area contributed by atoms with Gasteiger partial charge in [0.25, 0.3) is 5.91 Å². The van der Waals surface area contributed by atoms with Gasteiger partial charge >= 0.3 is 0 Å². The Morgan fingerprint density at radius 3 is 2.39 bits per heavy atom. The quantitative estimate of drug-likeness (QED) is 0.574. The van der Waals surface area contributed by atoms with Gasteiger partial charge in [0.1, 0.15) is 17.5 Å². The van der Waals surface area contributed by atoms with Gasteiger partial charge in [-0.3, -0.25) is 9.59 Å². The average Bonchev–Trinajstić information content (AvgIpc) is 3.30. The van der Waals surface area contributed by atoms with Crippen molar-refractivity contribution in [2.24, 2.45) is 0 Å². The summed E-state index contributed by atoms with van der Waals surface area (Å²) in [5.74, 6) is 1.07. The van der Waals surface area contributed by atoms with E-state index < -0.39 is 6.04 Å². The van der Waals surface area contributed by atoms with Gasteiger partial charge in [-0.1, -0.05) is 38.0 Å². The molecular formula is C27H36N2O4. The zero-order valence-electron chi connectivity index (χ0n) is 20.2. The lowest BCUT2D eigenvalue weighted by Gasteiger charge is -2.31. The smallest absolute Gasteiger partial charge is 0.261 e. The summed E-state index contributed by atoms with van der Waals surface area (Å²) in [5.41, 5.74) is 3.06. The number of rotatable bonds is 10. The van der Waals surface area contributed by atoms with Gasteiger partial charge in [0.05, 0.1) is 7.11 Å². The molecule has 0 heterocycles. The van der Waals surface area contributed by atoms with E-state index in [-0.39, 0.29) is 24.5 Å². The van der Waals surface area contributed by atoms with E-state index in [1.807, 2.05) is 57.2 Å². The van der Waals surface area contributed by atoms with Gasteiger partial charge in [-0.25, -0.2) is 0 Å². The van der Waals surface area contributed by atoms with Crippen LogP contribution in [0, 0.1) is 13.8 Å². The fraction of sp³-hybridized carbons (Fsp3) is 0.481. The van der Waals surface area contributed by atoms with E-state index in [9.17, 15) is 9.59 Å². The molecule has 6 nitrogen and oxygen atoms in total. The van der Waals surface area contributed by atoms with Crippen molar-refractivity contribution < 1.29 is 19.1 Å². The zero-order chi connectivity index (χ0) is 23.8. The van der Waals surface area contributed by atoms with Crippen LogP contribution in [0.1, 0.15) is 55.7 Å². The number of methoxy groups -OCH3 is 1. The number of hydrogen-bond acceptors (Lipinski definition) is 4. The number of amides is 2. The molecule has 6 heteroatoms. The summed E-state index contributed by atoms with van der Waals surface area (Å²) in [6.45, 7) is 6.12. The van der Waals surface area contributed by atoms with Crippen LogP contribution in [-0.4, -0.2) is 42.5 Å². The lowest BCUT2D eigenvalue weighted by Crippen LogP contribution is -2.52. The topological polar surface area (TPSA) is 67.9 Å². The van der Waals surface area contributed by atoms with Crippen LogP contribution >= 0.6 is 0 Å². The highest BCUT2D eigenvalue weighted by atomic mass is 16.5. The third-order valence-corrected chi connectivity index (χ3v) is 6.13. The standard InChI is InChI=1S/C27H36N2O4/c1-5-25(27(31)28-22-10-6-7-11-22)29(17-21-9-8-12-23(16-21)32-4)26(30)18-33-24-14-19(2)13-20(3)15-24/h8-9,12-16,22,25H,5-7,10-11,17-18H2,1-4H3,(H,28,31)/t25-/m0/s1. The highest BCUT2D eigenvalue weighted by molar-refractivity contribution is 5.88. The highest BCUT2D eigenvalue weighted by Gasteiger charge is 2.31. The summed E-state index contributed by atoms with van der Waals surface area (Å²) >= 11 is 0. The summed E-state index contributed by atoms with van der Waals surface area (Å²) < 4.78 is 11.2. The molecule has 3 rings (SSSR count). The molecule has 1 atom stereocenters. The second-order valence-electron chi connectivity index (χ2n) is 8.90. The first kappa shape index (κ1) is 24.6. The molecule has 0 bridgehead atoms. The molecule has 1 aliphatic carbocycles. The van der Waals surface area contributed by atoms with Crippen LogP contribution in [0.5, 0.6) is 11.5 Å². The predicted molar refractivity (Wildman–Crippen MR) is 129 cm³/mol. The summed E-state index contributed by atoms with van der Waals surface area (Å²) in [6, 6.07) is 13.1. The van der Waals surface area contributed by atoms with Gasteiger partial charge in [-0.15, -0.1) is 0 Å². The maximum Gasteiger partial charge on any atom is 0.261 e. The van der Waals surface area contributed by atoms with Crippen LogP contribution in [0.25, 0.3) is 0 Å². The molecule has 0 aliphatic heterocycles. The Morgan fingerprint density at radius 1 is 1.06 bits per heavy atom. The Morgan fingerprint density at radius 2 is 1.76 bits per heavy atom. The van der Waals surface area contributed by atoms with Crippen LogP contribution in [0.4, 0.5) is 0 Å². The molecule has 2 aromatic carbocycles. The summed E-state index contributed by atoms with van der Waals surface area (Å²) in [4.78, 5) is 28.2. The second-order valence-corrected chi connectivity index (χ2v) is 8.90. The van der Waals surface area contributed by atoms with Crippen molar-refractivity contribution in [3.63, 3.8) is 0 Å². The predicted octanol–water partition coefficient (Wildman–Crippen LogP) is 4.56. The van der Waals surface area contributed by atoms with E-state index in [0.29, 0.717) is 18.7 Å². The molecule has 0 saturated heterocycles. The number of ether oxygens (including phenoxy) is 2. The van der Waals surface area contributed by atoms with Gasteiger partial charge in [0, 0.05) is 12.6 Å². The molecule has 0 radical (unpaired) electrons. The molecule has 1 N–H and O–H groups in total. The van der Waals surface area contributed by atoms with Gasteiger partial charge in [-0.2, -0.15) is 0 Å². The van der Waals surface area contributed by atoms with E-state index in [1.165, 1.54) is 0 Å². The first-order valence-corrected chi connectivity index (χ1v) is 11.8. The van der Waals surface area contributed by atoms with Crippen LogP contribution in [0.15, 0.2) is 42.5 Å². The van der Waals surface area contributed by atoms with E-state index in [2.05, 4.69) is 11.4 Å². The molecule has 1 saturated carbocycles. The van der Waals surface area contributed by atoms with Crippen LogP contribution in [-0.2, 0) is 16.1 Å². The fourth-order valence-electron chi connectivity index (χ4n) is 4.50. The maximum atomic E-state index is 13.4. The lowest BCUT2D eigenvalue weighted by atomic mass is 10.1. The van der Waals surface area contributed by atoms with Crippen LogP contribution < -0.4 is 14.8 Å². The van der Waals surface area contributed by atoms with Gasteiger partial charge in [-0.05, 0) is 74.1 Å². The lowest BCUT2D eigenvalue weighted by molar-refractivity contribution is -0.143. The SMILES string of the molecule is CC[C@@H](C(=O)NC1CCCC1)N(Cc1cccc(OC)c1)C(=O)COc1cc(C)cc(C)c1. The Balaban J connectivity index is 1.79. The second kappa shape index (κ2) is 11.7. The molecule has 1 aliphatic rings. The molecule has 2 amide bonds. The first-order valence-electron chi connectivity index (χ1n) is 11.8. The van der Waals surface area contributed by atoms with Gasteiger partial charge in [0.15, 0.2) is 6.61 Å². The average molecular weight is 453 g/mol. The van der Waals surface area contributed by atoms with Crippen molar-refractivity contribution in [1.29, 1.82) is 0 Å². The van der Waals surface area contributed by atoms with Crippen molar-refractivity contribution in [3.8, 4) is 11.5 Å². The summed E-state index contributed by atoms with van der Waals surface area (Å²) in [7, 11) is 1.61. The minimum Gasteiger partial charge on any atom is -0.497 e. The minimum atomic E-state index is -0.563. The van der Waals surface area contributed by atoms with Crippen molar-refractivity contribution >= 4 is 11.8 Å². The maximum absolute atomic E-state index is 13.4. The molecule has 1 fully saturated rings. The fourth-order valence-corrected chi connectivity index (χ4v) is 4.50.